The minimum Gasteiger partial charge on any atom is -0.394 e. The molecule has 0 aliphatic heterocycles. The Morgan fingerprint density at radius 1 is 1.00 bits per heavy atom. The van der Waals surface area contributed by atoms with E-state index in [0.717, 1.165) is 38.7 Å². The smallest absolute Gasteiger partial charge is 0.0770 e. The average molecular weight is 236 g/mol. The van der Waals surface area contributed by atoms with Crippen LogP contribution in [0.1, 0.15) is 46.0 Å². The lowest BCUT2D eigenvalue weighted by molar-refractivity contribution is 0.0865. The van der Waals surface area contributed by atoms with Crippen LogP contribution in [0.25, 0.3) is 0 Å². The molecule has 0 saturated heterocycles. The van der Waals surface area contributed by atoms with E-state index in [1.807, 2.05) is 0 Å². The van der Waals surface area contributed by atoms with Crippen LogP contribution >= 0.6 is 0 Å². The molecule has 0 spiro atoms. The molecule has 4 nitrogen and oxygen atoms in total. The normalized spacial score (nSPS) is 11.8. The van der Waals surface area contributed by atoms with Crippen molar-refractivity contribution in [3.05, 3.63) is 0 Å². The van der Waals surface area contributed by atoms with Gasteiger partial charge in [0.1, 0.15) is 0 Å². The van der Waals surface area contributed by atoms with Crippen LogP contribution in [0.2, 0.25) is 0 Å². The molecule has 0 heterocycles. The molecule has 0 radical (unpaired) electrons. The summed E-state index contributed by atoms with van der Waals surface area (Å²) in [6, 6.07) is 0. The van der Waals surface area contributed by atoms with E-state index >= 15 is 0 Å². The molecule has 3 N–H and O–H groups in total. The average Bonchev–Trinajstić information content (AvgIpc) is 2.32. The summed E-state index contributed by atoms with van der Waals surface area (Å²) in [4.78, 5) is 0. The fourth-order valence-corrected chi connectivity index (χ4v) is 0.944. The lowest BCUT2D eigenvalue weighted by Crippen LogP contribution is -2.10. The van der Waals surface area contributed by atoms with Crippen LogP contribution < -0.4 is 0 Å². The summed E-state index contributed by atoms with van der Waals surface area (Å²) in [5.74, 6) is 0. The molecule has 0 rings (SSSR count). The maximum absolute atomic E-state index is 8.74. The molecule has 0 aromatic heterocycles. The number of rotatable bonds is 9. The standard InChI is InChI=1S/2C6H14O2/c1-2-3-5-8-6-4-7;1-2-3-4-6(8)5-7/h7H,2-6H2,1H3;6-8H,2-5H2,1H3. The molecule has 1 atom stereocenters. The van der Waals surface area contributed by atoms with E-state index in [2.05, 4.69) is 13.8 Å². The van der Waals surface area contributed by atoms with Gasteiger partial charge in [-0.25, -0.2) is 0 Å². The van der Waals surface area contributed by atoms with Crippen molar-refractivity contribution in [3.8, 4) is 0 Å². The van der Waals surface area contributed by atoms with Crippen molar-refractivity contribution in [2.45, 2.75) is 52.1 Å². The van der Waals surface area contributed by atoms with Gasteiger partial charge in [0, 0.05) is 6.61 Å². The van der Waals surface area contributed by atoms with Crippen molar-refractivity contribution in [2.75, 3.05) is 26.4 Å². The highest BCUT2D eigenvalue weighted by Crippen LogP contribution is 1.97. The van der Waals surface area contributed by atoms with Gasteiger partial charge in [-0.15, -0.1) is 0 Å². The second-order valence-corrected chi connectivity index (χ2v) is 3.67. The van der Waals surface area contributed by atoms with Crippen molar-refractivity contribution in [1.82, 2.24) is 0 Å². The van der Waals surface area contributed by atoms with Crippen molar-refractivity contribution < 1.29 is 20.1 Å². The Morgan fingerprint density at radius 2 is 1.62 bits per heavy atom. The molecule has 100 valence electrons. The summed E-state index contributed by atoms with van der Waals surface area (Å²) in [6.45, 7) is 5.49. The Balaban J connectivity index is 0. The van der Waals surface area contributed by atoms with Crippen LogP contribution in [0.4, 0.5) is 0 Å². The molecule has 0 aromatic rings. The number of ether oxygens (including phenoxy) is 1. The maximum atomic E-state index is 8.74. The van der Waals surface area contributed by atoms with Crippen molar-refractivity contribution in [3.63, 3.8) is 0 Å². The summed E-state index contributed by atoms with van der Waals surface area (Å²) in [5, 5.41) is 25.3. The van der Waals surface area contributed by atoms with E-state index in [9.17, 15) is 0 Å². The van der Waals surface area contributed by atoms with E-state index in [1.54, 1.807) is 0 Å². The van der Waals surface area contributed by atoms with E-state index in [4.69, 9.17) is 20.1 Å². The quantitative estimate of drug-likeness (QED) is 0.528. The van der Waals surface area contributed by atoms with Crippen LogP contribution in [0.3, 0.4) is 0 Å². The number of hydrogen-bond donors (Lipinski definition) is 3. The Kier molecular flexibility index (Phi) is 19.6. The molecule has 0 aromatic carbocycles. The third-order valence-electron chi connectivity index (χ3n) is 1.98. The fourth-order valence-electron chi connectivity index (χ4n) is 0.944. The molecule has 0 saturated carbocycles. The first kappa shape index (κ1) is 18.2. The van der Waals surface area contributed by atoms with Gasteiger partial charge in [-0.2, -0.15) is 0 Å². The largest absolute Gasteiger partial charge is 0.394 e. The van der Waals surface area contributed by atoms with Gasteiger partial charge < -0.3 is 20.1 Å². The molecule has 0 amide bonds. The van der Waals surface area contributed by atoms with Crippen molar-refractivity contribution in [2.24, 2.45) is 0 Å². The zero-order valence-corrected chi connectivity index (χ0v) is 10.7. The van der Waals surface area contributed by atoms with E-state index < -0.39 is 6.10 Å². The van der Waals surface area contributed by atoms with Crippen LogP contribution in [0.15, 0.2) is 0 Å². The first-order valence-electron chi connectivity index (χ1n) is 6.20. The number of hydrogen-bond acceptors (Lipinski definition) is 4. The SMILES string of the molecule is CCCCC(O)CO.CCCCOCCO. The topological polar surface area (TPSA) is 69.9 Å². The number of aliphatic hydroxyl groups is 3. The van der Waals surface area contributed by atoms with E-state index in [0.29, 0.717) is 6.61 Å². The van der Waals surface area contributed by atoms with Crippen LogP contribution in [-0.4, -0.2) is 47.9 Å². The third-order valence-corrected chi connectivity index (χ3v) is 1.98. The predicted octanol–water partition coefficient (Wildman–Crippen LogP) is 1.33. The first-order valence-corrected chi connectivity index (χ1v) is 6.20. The van der Waals surface area contributed by atoms with Gasteiger partial charge in [-0.3, -0.25) is 0 Å². The van der Waals surface area contributed by atoms with Gasteiger partial charge in [0.2, 0.25) is 0 Å². The van der Waals surface area contributed by atoms with Gasteiger partial charge in [0.25, 0.3) is 0 Å². The van der Waals surface area contributed by atoms with Gasteiger partial charge >= 0.3 is 0 Å². The second kappa shape index (κ2) is 17.2. The summed E-state index contributed by atoms with van der Waals surface area (Å²) in [6.07, 6.45) is 4.58. The third kappa shape index (κ3) is 19.4. The van der Waals surface area contributed by atoms with Gasteiger partial charge in [0.15, 0.2) is 0 Å². The van der Waals surface area contributed by atoms with Crippen molar-refractivity contribution in [1.29, 1.82) is 0 Å². The second-order valence-electron chi connectivity index (χ2n) is 3.67. The first-order chi connectivity index (χ1) is 7.72. The zero-order chi connectivity index (χ0) is 12.6. The Hall–Kier alpha value is -0.160. The molecule has 0 aliphatic carbocycles. The number of aliphatic hydroxyl groups excluding tert-OH is 3. The summed E-state index contributed by atoms with van der Waals surface area (Å²) < 4.78 is 4.97. The summed E-state index contributed by atoms with van der Waals surface area (Å²) >= 11 is 0. The molecule has 4 heteroatoms. The monoisotopic (exact) mass is 236 g/mol. The minimum atomic E-state index is -0.491. The molecule has 1 unspecified atom stereocenters. The van der Waals surface area contributed by atoms with Crippen LogP contribution in [0.5, 0.6) is 0 Å². The number of unbranched alkanes of at least 4 members (excludes halogenated alkanes) is 2. The lowest BCUT2D eigenvalue weighted by Gasteiger charge is -2.02. The summed E-state index contributed by atoms with van der Waals surface area (Å²) in [7, 11) is 0. The lowest BCUT2D eigenvalue weighted by atomic mass is 10.2. The van der Waals surface area contributed by atoms with E-state index in [1.165, 1.54) is 0 Å². The van der Waals surface area contributed by atoms with Gasteiger partial charge in [-0.05, 0) is 12.8 Å². The highest BCUT2D eigenvalue weighted by molar-refractivity contribution is 4.50. The molecular weight excluding hydrogens is 208 g/mol. The minimum absolute atomic E-state index is 0.0972. The molecule has 16 heavy (non-hydrogen) atoms. The highest BCUT2D eigenvalue weighted by atomic mass is 16.5. The Morgan fingerprint density at radius 3 is 2.06 bits per heavy atom. The zero-order valence-electron chi connectivity index (χ0n) is 10.7. The Labute approximate surface area is 99.3 Å². The van der Waals surface area contributed by atoms with Gasteiger partial charge in [0.05, 0.1) is 25.9 Å². The highest BCUT2D eigenvalue weighted by Gasteiger charge is 1.97. The van der Waals surface area contributed by atoms with E-state index in [-0.39, 0.29) is 13.2 Å². The van der Waals surface area contributed by atoms with Crippen molar-refractivity contribution >= 4 is 0 Å². The van der Waals surface area contributed by atoms with Crippen LogP contribution in [-0.2, 0) is 4.74 Å². The molecule has 0 fully saturated rings. The predicted molar refractivity (Wildman–Crippen MR) is 65.4 cm³/mol. The fraction of sp³-hybridized carbons (Fsp3) is 1.00. The Bertz CT molecular complexity index is 103. The molecule has 0 aliphatic rings. The molecular formula is C12H28O4. The maximum Gasteiger partial charge on any atom is 0.0770 e. The van der Waals surface area contributed by atoms with Gasteiger partial charge in [-0.1, -0.05) is 33.1 Å². The summed E-state index contributed by atoms with van der Waals surface area (Å²) in [5.41, 5.74) is 0. The molecule has 0 bridgehead atoms. The van der Waals surface area contributed by atoms with Crippen LogP contribution in [0, 0.1) is 0 Å².